The SMILES string of the molecule is B.P.[Cu].[La]. The third kappa shape index (κ3) is 8.88. The van der Waals surface area contributed by atoms with Crippen LogP contribution in [0.5, 0.6) is 0 Å². The Hall–Kier alpha value is 2.21. The predicted molar refractivity (Wildman–Crippen MR) is 21.0 cm³/mol. The molecule has 1 unspecified atom stereocenters. The molecular weight excluding hydrogens is 244 g/mol. The summed E-state index contributed by atoms with van der Waals surface area (Å²) in [6.45, 7) is 0. The van der Waals surface area contributed by atoms with Gasteiger partial charge >= 0.3 is 0 Å². The van der Waals surface area contributed by atoms with Crippen LogP contribution < -0.4 is 0 Å². The van der Waals surface area contributed by atoms with Gasteiger partial charge in [0.15, 0.2) is 0 Å². The molecule has 0 rings (SSSR count). The van der Waals surface area contributed by atoms with Crippen molar-refractivity contribution in [2.75, 3.05) is 0 Å². The van der Waals surface area contributed by atoms with Gasteiger partial charge in [0, 0.05) is 52.7 Å². The van der Waals surface area contributed by atoms with Crippen molar-refractivity contribution >= 4 is 18.3 Å². The molecule has 0 bridgehead atoms. The fourth-order valence-electron chi connectivity index (χ4n) is 0. The Kier molecular flexibility index (Phi) is 163. The van der Waals surface area contributed by atoms with E-state index in [1.165, 1.54) is 0 Å². The van der Waals surface area contributed by atoms with Crippen molar-refractivity contribution < 1.29 is 52.7 Å². The zero-order valence-corrected chi connectivity index (χ0v) is 7.57. The topological polar surface area (TPSA) is 0 Å². The number of hydrogen-bond acceptors (Lipinski definition) is 0. The van der Waals surface area contributed by atoms with E-state index in [0.717, 1.165) is 0 Å². The summed E-state index contributed by atoms with van der Waals surface area (Å²) in [7, 11) is 0. The Morgan fingerprint density at radius 2 is 1.00 bits per heavy atom. The molecule has 0 N–H and O–H groups in total. The van der Waals surface area contributed by atoms with Gasteiger partial charge < -0.3 is 0 Å². The van der Waals surface area contributed by atoms with Crippen LogP contribution in [0.4, 0.5) is 0 Å². The first kappa shape index (κ1) is 34.5. The number of rotatable bonds is 0. The van der Waals surface area contributed by atoms with E-state index in [1.807, 2.05) is 0 Å². The van der Waals surface area contributed by atoms with E-state index in [9.17, 15) is 0 Å². The summed E-state index contributed by atoms with van der Waals surface area (Å²) in [6, 6.07) is 0. The second kappa shape index (κ2) is 18.9. The van der Waals surface area contributed by atoms with Gasteiger partial charge in [-0.15, -0.1) is 0 Å². The van der Waals surface area contributed by atoms with Gasteiger partial charge in [0.1, 0.15) is 0 Å². The summed E-state index contributed by atoms with van der Waals surface area (Å²) in [6.07, 6.45) is 0. The molecule has 0 spiro atoms. The molecular formula is H6BCuLaP. The summed E-state index contributed by atoms with van der Waals surface area (Å²) in [5.41, 5.74) is 0. The van der Waals surface area contributed by atoms with Crippen molar-refractivity contribution in [1.82, 2.24) is 0 Å². The Labute approximate surface area is 70.1 Å². The molecule has 0 fully saturated rings. The quantitative estimate of drug-likeness (QED) is 0.377. The predicted octanol–water partition coefficient (Wildman–Crippen LogP) is -1.13. The smallest absolute Gasteiger partial charge is 0.0814 e. The molecule has 0 amide bonds. The zero-order valence-electron chi connectivity index (χ0n) is 1.59. The average molecular weight is 250 g/mol. The van der Waals surface area contributed by atoms with Crippen molar-refractivity contribution in [2.24, 2.45) is 0 Å². The van der Waals surface area contributed by atoms with E-state index in [4.69, 9.17) is 0 Å². The van der Waals surface area contributed by atoms with Crippen molar-refractivity contribution in [2.45, 2.75) is 0 Å². The van der Waals surface area contributed by atoms with Gasteiger partial charge in [-0.1, -0.05) is 0 Å². The van der Waals surface area contributed by atoms with Crippen LogP contribution in [0.3, 0.4) is 0 Å². The average Bonchev–Trinajstić information content (AvgIpc) is 0. The van der Waals surface area contributed by atoms with Crippen LogP contribution in [-0.2, 0) is 17.1 Å². The van der Waals surface area contributed by atoms with Crippen molar-refractivity contribution in [1.29, 1.82) is 0 Å². The molecule has 4 heteroatoms. The fraction of sp³-hybridized carbons (Fsp3) is 0. The molecule has 28 valence electrons. The summed E-state index contributed by atoms with van der Waals surface area (Å²) >= 11 is 0. The monoisotopic (exact) mass is 250 g/mol. The molecule has 0 aliphatic heterocycles. The van der Waals surface area contributed by atoms with Crippen molar-refractivity contribution in [3.8, 4) is 0 Å². The Morgan fingerprint density at radius 3 is 1.00 bits per heavy atom. The third-order valence-electron chi connectivity index (χ3n) is 0. The molecule has 0 aromatic heterocycles. The van der Waals surface area contributed by atoms with Crippen molar-refractivity contribution in [3.63, 3.8) is 0 Å². The van der Waals surface area contributed by atoms with Crippen LogP contribution in [-0.4, -0.2) is 8.41 Å². The van der Waals surface area contributed by atoms with Gasteiger partial charge in [-0.25, -0.2) is 0 Å². The molecule has 0 aliphatic carbocycles. The van der Waals surface area contributed by atoms with Gasteiger partial charge in [0.05, 0.1) is 8.41 Å². The molecule has 0 aromatic carbocycles. The van der Waals surface area contributed by atoms with Gasteiger partial charge in [0.25, 0.3) is 0 Å². The van der Waals surface area contributed by atoms with E-state index < -0.39 is 0 Å². The minimum atomic E-state index is 0. The standard InChI is InChI=1S/BH3.Cu.La.H3P/h1H3;;;1H3. The largest absolute Gasteiger partial charge is 0.153 e. The molecule has 0 nitrogen and oxygen atoms in total. The Balaban J connectivity index is 0. The first-order valence-electron chi connectivity index (χ1n) is 0. The second-order valence-electron chi connectivity index (χ2n) is 0. The van der Waals surface area contributed by atoms with Crippen LogP contribution in [0.2, 0.25) is 0 Å². The van der Waals surface area contributed by atoms with E-state index in [1.54, 1.807) is 0 Å². The molecule has 0 heterocycles. The summed E-state index contributed by atoms with van der Waals surface area (Å²) in [4.78, 5) is 0. The van der Waals surface area contributed by atoms with Gasteiger partial charge in [-0.05, 0) is 0 Å². The van der Waals surface area contributed by atoms with Gasteiger partial charge in [0.2, 0.25) is 0 Å². The van der Waals surface area contributed by atoms with Gasteiger partial charge in [-0.2, -0.15) is 9.90 Å². The third-order valence-corrected chi connectivity index (χ3v) is 0. The molecule has 4 heavy (non-hydrogen) atoms. The fourth-order valence-corrected chi connectivity index (χ4v) is 0. The molecule has 0 saturated heterocycles. The summed E-state index contributed by atoms with van der Waals surface area (Å²) in [5.74, 6) is 0. The minimum Gasteiger partial charge on any atom is -0.153 e. The molecule has 1 atom stereocenters. The summed E-state index contributed by atoms with van der Waals surface area (Å²) in [5, 5.41) is 0. The zero-order chi connectivity index (χ0) is 0. The minimum absolute atomic E-state index is 0. The van der Waals surface area contributed by atoms with Crippen LogP contribution in [0.1, 0.15) is 0 Å². The second-order valence-corrected chi connectivity index (χ2v) is 0. The maximum Gasteiger partial charge on any atom is 0.0814 e. The molecule has 0 aliphatic rings. The van der Waals surface area contributed by atoms with E-state index in [-0.39, 0.29) is 71.0 Å². The molecule has 2 radical (unpaired) electrons. The normalized spacial score (nSPS) is 0. The number of hydrogen-bond donors (Lipinski definition) is 0. The first-order valence-corrected chi connectivity index (χ1v) is 0. The Morgan fingerprint density at radius 1 is 1.00 bits per heavy atom. The molecule has 0 aromatic rings. The van der Waals surface area contributed by atoms with Crippen LogP contribution in [0.15, 0.2) is 0 Å². The van der Waals surface area contributed by atoms with Crippen LogP contribution >= 0.6 is 9.90 Å². The van der Waals surface area contributed by atoms with E-state index >= 15 is 0 Å². The van der Waals surface area contributed by atoms with Crippen LogP contribution in [0, 0.1) is 35.6 Å². The molecule has 0 saturated carbocycles. The maximum absolute atomic E-state index is 0. The van der Waals surface area contributed by atoms with Crippen LogP contribution in [0.25, 0.3) is 0 Å². The van der Waals surface area contributed by atoms with Gasteiger partial charge in [-0.3, -0.25) is 0 Å². The first-order chi connectivity index (χ1) is 0. The van der Waals surface area contributed by atoms with E-state index in [2.05, 4.69) is 0 Å². The van der Waals surface area contributed by atoms with Crippen molar-refractivity contribution in [3.05, 3.63) is 0 Å². The Bertz CT molecular complexity index is 8.00. The maximum atomic E-state index is 0. The summed E-state index contributed by atoms with van der Waals surface area (Å²) < 4.78 is 0. The van der Waals surface area contributed by atoms with E-state index in [0.29, 0.717) is 0 Å².